The van der Waals surface area contributed by atoms with E-state index in [9.17, 15) is 19.7 Å². The average molecular weight is 400 g/mol. The number of nitrogens with one attached hydrogen (secondary N) is 2. The van der Waals surface area contributed by atoms with Gasteiger partial charge in [0.15, 0.2) is 0 Å². The summed E-state index contributed by atoms with van der Waals surface area (Å²) in [5, 5.41) is 11.7. The SMILES string of the molecule is O=c1[nH]c(/C=C\c2cccc(OCc3ccc(Cl)cc3)c2)c([N+](=O)[O-])c(=O)[nH]1. The standard InChI is InChI=1S/C19H14ClN3O5/c20-14-7-4-13(5-8-14)11-28-15-3-1-2-12(10-15)6-9-16-17(23(26)27)18(24)22-19(25)21-16/h1-10H,11H2,(H2,21,22,24,25)/b9-6-. The summed E-state index contributed by atoms with van der Waals surface area (Å²) in [4.78, 5) is 37.3. The Hall–Kier alpha value is -3.65. The van der Waals surface area contributed by atoms with E-state index in [0.29, 0.717) is 22.9 Å². The fourth-order valence-corrected chi connectivity index (χ4v) is 2.56. The summed E-state index contributed by atoms with van der Waals surface area (Å²) >= 11 is 5.85. The molecule has 142 valence electrons. The summed E-state index contributed by atoms with van der Waals surface area (Å²) in [6.07, 6.45) is 2.83. The fourth-order valence-electron chi connectivity index (χ4n) is 2.43. The van der Waals surface area contributed by atoms with Crippen molar-refractivity contribution in [1.29, 1.82) is 0 Å². The number of halogens is 1. The Bertz CT molecular complexity index is 1150. The van der Waals surface area contributed by atoms with Crippen LogP contribution in [0.4, 0.5) is 5.69 Å². The molecular formula is C19H14ClN3O5. The first-order valence-corrected chi connectivity index (χ1v) is 8.46. The lowest BCUT2D eigenvalue weighted by Crippen LogP contribution is -2.25. The number of nitro groups is 1. The molecule has 1 aromatic heterocycles. The van der Waals surface area contributed by atoms with Crippen LogP contribution in [0.3, 0.4) is 0 Å². The Balaban J connectivity index is 1.79. The van der Waals surface area contributed by atoms with Gasteiger partial charge in [0, 0.05) is 5.02 Å². The van der Waals surface area contributed by atoms with Gasteiger partial charge in [0.25, 0.3) is 0 Å². The molecule has 0 aliphatic heterocycles. The van der Waals surface area contributed by atoms with E-state index < -0.39 is 21.9 Å². The molecule has 2 N–H and O–H groups in total. The molecule has 0 amide bonds. The number of benzene rings is 2. The molecule has 28 heavy (non-hydrogen) atoms. The maximum Gasteiger partial charge on any atom is 0.357 e. The molecule has 0 spiro atoms. The second-order valence-corrected chi connectivity index (χ2v) is 6.19. The minimum absolute atomic E-state index is 0.189. The summed E-state index contributed by atoms with van der Waals surface area (Å²) in [5.74, 6) is 0.589. The van der Waals surface area contributed by atoms with Crippen molar-refractivity contribution in [2.45, 2.75) is 6.61 Å². The summed E-state index contributed by atoms with van der Waals surface area (Å²) in [7, 11) is 0. The summed E-state index contributed by atoms with van der Waals surface area (Å²) < 4.78 is 5.73. The normalized spacial score (nSPS) is 10.9. The molecule has 0 atom stereocenters. The zero-order chi connectivity index (χ0) is 20.1. The highest BCUT2D eigenvalue weighted by Gasteiger charge is 2.18. The van der Waals surface area contributed by atoms with Gasteiger partial charge >= 0.3 is 16.9 Å². The van der Waals surface area contributed by atoms with E-state index >= 15 is 0 Å². The number of ether oxygens (including phenoxy) is 1. The number of aromatic nitrogens is 2. The van der Waals surface area contributed by atoms with Gasteiger partial charge in [0.2, 0.25) is 0 Å². The lowest BCUT2D eigenvalue weighted by molar-refractivity contribution is -0.386. The van der Waals surface area contributed by atoms with Gasteiger partial charge in [-0.1, -0.05) is 41.9 Å². The van der Waals surface area contributed by atoms with Crippen molar-refractivity contribution in [2.75, 3.05) is 0 Å². The van der Waals surface area contributed by atoms with E-state index in [2.05, 4.69) is 4.98 Å². The molecule has 3 rings (SSSR count). The molecule has 0 saturated heterocycles. The highest BCUT2D eigenvalue weighted by Crippen LogP contribution is 2.19. The summed E-state index contributed by atoms with van der Waals surface area (Å²) in [6.45, 7) is 0.344. The number of rotatable bonds is 6. The second-order valence-electron chi connectivity index (χ2n) is 5.75. The zero-order valence-electron chi connectivity index (χ0n) is 14.3. The van der Waals surface area contributed by atoms with Gasteiger partial charge in [-0.3, -0.25) is 19.9 Å². The average Bonchev–Trinajstić information content (AvgIpc) is 2.65. The molecule has 1 heterocycles. The van der Waals surface area contributed by atoms with Gasteiger partial charge < -0.3 is 9.72 Å². The van der Waals surface area contributed by atoms with E-state index in [0.717, 1.165) is 5.56 Å². The van der Waals surface area contributed by atoms with E-state index in [1.807, 2.05) is 17.1 Å². The predicted molar refractivity (Wildman–Crippen MR) is 105 cm³/mol. The van der Waals surface area contributed by atoms with Crippen LogP contribution < -0.4 is 16.0 Å². The number of nitrogens with zero attached hydrogens (tertiary/aromatic N) is 1. The number of aromatic amines is 2. The van der Waals surface area contributed by atoms with Crippen molar-refractivity contribution in [3.63, 3.8) is 0 Å². The van der Waals surface area contributed by atoms with Crippen LogP contribution in [-0.4, -0.2) is 14.9 Å². The Morgan fingerprint density at radius 1 is 1.07 bits per heavy atom. The highest BCUT2D eigenvalue weighted by molar-refractivity contribution is 6.30. The van der Waals surface area contributed by atoms with Crippen LogP contribution in [0.25, 0.3) is 12.2 Å². The molecule has 0 fully saturated rings. The molecule has 0 aliphatic carbocycles. The van der Waals surface area contributed by atoms with Crippen LogP contribution in [0.5, 0.6) is 5.75 Å². The minimum Gasteiger partial charge on any atom is -0.489 e. The number of hydrogen-bond donors (Lipinski definition) is 2. The van der Waals surface area contributed by atoms with Crippen LogP contribution in [-0.2, 0) is 6.61 Å². The zero-order valence-corrected chi connectivity index (χ0v) is 15.1. The van der Waals surface area contributed by atoms with E-state index in [1.165, 1.54) is 12.2 Å². The highest BCUT2D eigenvalue weighted by atomic mass is 35.5. The molecule has 0 bridgehead atoms. The third kappa shape index (κ3) is 4.74. The first-order valence-electron chi connectivity index (χ1n) is 8.09. The Kier molecular flexibility index (Phi) is 5.71. The van der Waals surface area contributed by atoms with Crippen molar-refractivity contribution in [3.05, 3.63) is 101 Å². The molecule has 0 aliphatic rings. The van der Waals surface area contributed by atoms with Gasteiger partial charge in [0.1, 0.15) is 18.1 Å². The molecular weight excluding hydrogens is 386 g/mol. The Labute approximate surface area is 163 Å². The van der Waals surface area contributed by atoms with Gasteiger partial charge in [-0.2, -0.15) is 0 Å². The van der Waals surface area contributed by atoms with Crippen molar-refractivity contribution in [1.82, 2.24) is 9.97 Å². The third-order valence-electron chi connectivity index (χ3n) is 3.75. The van der Waals surface area contributed by atoms with Gasteiger partial charge in [-0.25, -0.2) is 4.79 Å². The lowest BCUT2D eigenvalue weighted by atomic mass is 10.2. The lowest BCUT2D eigenvalue weighted by Gasteiger charge is -2.07. The Morgan fingerprint density at radius 2 is 1.82 bits per heavy atom. The first-order chi connectivity index (χ1) is 13.4. The fraction of sp³-hybridized carbons (Fsp3) is 0.0526. The van der Waals surface area contributed by atoms with Gasteiger partial charge in [-0.15, -0.1) is 0 Å². The second kappa shape index (κ2) is 8.36. The molecule has 0 unspecified atom stereocenters. The van der Waals surface area contributed by atoms with Crippen LogP contribution in [0.2, 0.25) is 5.02 Å². The van der Waals surface area contributed by atoms with Crippen molar-refractivity contribution in [3.8, 4) is 5.75 Å². The predicted octanol–water partition coefficient (Wildman–Crippen LogP) is 3.37. The van der Waals surface area contributed by atoms with Gasteiger partial charge in [0.05, 0.1) is 4.92 Å². The van der Waals surface area contributed by atoms with Gasteiger partial charge in [-0.05, 0) is 41.5 Å². The monoisotopic (exact) mass is 399 g/mol. The van der Waals surface area contributed by atoms with Crippen molar-refractivity contribution < 1.29 is 9.66 Å². The van der Waals surface area contributed by atoms with Crippen LogP contribution >= 0.6 is 11.6 Å². The smallest absolute Gasteiger partial charge is 0.357 e. The summed E-state index contributed by atoms with van der Waals surface area (Å²) in [6, 6.07) is 14.3. The molecule has 2 aromatic carbocycles. The molecule has 3 aromatic rings. The summed E-state index contributed by atoms with van der Waals surface area (Å²) in [5.41, 5.74) is -1.19. The van der Waals surface area contributed by atoms with E-state index in [4.69, 9.17) is 16.3 Å². The Morgan fingerprint density at radius 3 is 2.54 bits per heavy atom. The van der Waals surface area contributed by atoms with Crippen LogP contribution in [0, 0.1) is 10.1 Å². The quantitative estimate of drug-likeness (QED) is 0.486. The van der Waals surface area contributed by atoms with Crippen molar-refractivity contribution in [2.24, 2.45) is 0 Å². The minimum atomic E-state index is -1.06. The molecule has 9 heteroatoms. The number of H-pyrrole nitrogens is 2. The van der Waals surface area contributed by atoms with Crippen molar-refractivity contribution >= 4 is 29.4 Å². The largest absolute Gasteiger partial charge is 0.489 e. The number of hydrogen-bond acceptors (Lipinski definition) is 5. The topological polar surface area (TPSA) is 118 Å². The first kappa shape index (κ1) is 19.1. The van der Waals surface area contributed by atoms with E-state index in [-0.39, 0.29) is 5.69 Å². The molecule has 8 nitrogen and oxygen atoms in total. The third-order valence-corrected chi connectivity index (χ3v) is 4.00. The van der Waals surface area contributed by atoms with Crippen LogP contribution in [0.1, 0.15) is 16.8 Å². The van der Waals surface area contributed by atoms with E-state index in [1.54, 1.807) is 36.4 Å². The molecule has 0 radical (unpaired) electrons. The maximum atomic E-state index is 11.6. The van der Waals surface area contributed by atoms with Crippen LogP contribution in [0.15, 0.2) is 58.1 Å². The molecule has 0 saturated carbocycles. The maximum absolute atomic E-state index is 11.6.